The summed E-state index contributed by atoms with van der Waals surface area (Å²) in [5.41, 5.74) is 4.90. The molecule has 4 rings (SSSR count). The Morgan fingerprint density at radius 1 is 1.05 bits per heavy atom. The fourth-order valence-electron chi connectivity index (χ4n) is 3.80. The van der Waals surface area contributed by atoms with Crippen LogP contribution in [0.4, 0.5) is 5.00 Å². The molecule has 192 valence electrons. The van der Waals surface area contributed by atoms with Gasteiger partial charge >= 0.3 is 17.8 Å². The zero-order chi connectivity index (χ0) is 26.4. The van der Waals surface area contributed by atoms with E-state index < -0.39 is 17.8 Å². The number of carbonyl (C=O) groups is 3. The molecule has 1 aliphatic rings. The number of ether oxygens (including phenoxy) is 2. The molecule has 2 N–H and O–H groups in total. The van der Waals surface area contributed by atoms with Crippen molar-refractivity contribution in [1.82, 2.24) is 5.43 Å². The second kappa shape index (κ2) is 12.2. The summed E-state index contributed by atoms with van der Waals surface area (Å²) in [7, 11) is 1.29. The van der Waals surface area contributed by atoms with Gasteiger partial charge in [0.05, 0.1) is 18.9 Å². The number of anilines is 1. The highest BCUT2D eigenvalue weighted by Gasteiger charge is 2.28. The smallest absolute Gasteiger partial charge is 0.341 e. The van der Waals surface area contributed by atoms with Crippen molar-refractivity contribution in [3.63, 3.8) is 0 Å². The van der Waals surface area contributed by atoms with Crippen molar-refractivity contribution in [2.75, 3.05) is 12.4 Å². The Morgan fingerprint density at radius 3 is 2.54 bits per heavy atom. The van der Waals surface area contributed by atoms with E-state index in [0.717, 1.165) is 41.7 Å². The minimum Gasteiger partial charge on any atom is -0.489 e. The standard InChI is InChI=1S/C26H23Cl2N3O5S/c1-35-26(34)22-19-4-2-3-5-21(19)37-25(22)30-23(32)24(33)31-29-13-15-6-10-18(11-7-15)36-14-16-8-9-17(27)12-20(16)28/h6-13H,2-5,14H2,1H3,(H,30,32)(H,31,33)/b29-13+. The van der Waals surface area contributed by atoms with Crippen LogP contribution < -0.4 is 15.5 Å². The largest absolute Gasteiger partial charge is 0.489 e. The van der Waals surface area contributed by atoms with Gasteiger partial charge in [0.1, 0.15) is 17.4 Å². The maximum absolute atomic E-state index is 12.4. The molecule has 0 saturated heterocycles. The number of benzene rings is 2. The number of carbonyl (C=O) groups excluding carboxylic acids is 3. The molecular formula is C26H23Cl2N3O5S. The van der Waals surface area contributed by atoms with E-state index in [9.17, 15) is 14.4 Å². The van der Waals surface area contributed by atoms with Crippen molar-refractivity contribution in [3.05, 3.63) is 79.6 Å². The molecule has 0 spiro atoms. The van der Waals surface area contributed by atoms with Crippen LogP contribution in [0.1, 0.15) is 44.8 Å². The Bertz CT molecular complexity index is 1350. The van der Waals surface area contributed by atoms with Crippen molar-refractivity contribution in [2.24, 2.45) is 5.10 Å². The summed E-state index contributed by atoms with van der Waals surface area (Å²) in [6, 6.07) is 12.2. The number of thiophene rings is 1. The first-order valence-electron chi connectivity index (χ1n) is 11.4. The lowest BCUT2D eigenvalue weighted by atomic mass is 9.95. The fourth-order valence-corrected chi connectivity index (χ4v) is 5.53. The van der Waals surface area contributed by atoms with Crippen LogP contribution >= 0.6 is 34.5 Å². The van der Waals surface area contributed by atoms with Crippen molar-refractivity contribution in [3.8, 4) is 5.75 Å². The molecule has 1 aromatic heterocycles. The highest BCUT2D eigenvalue weighted by molar-refractivity contribution is 7.17. The van der Waals surface area contributed by atoms with E-state index in [1.807, 2.05) is 0 Å². The average Bonchev–Trinajstić information content (AvgIpc) is 3.26. The molecule has 37 heavy (non-hydrogen) atoms. The molecule has 0 bridgehead atoms. The number of halogens is 2. The van der Waals surface area contributed by atoms with Crippen LogP contribution in [0.15, 0.2) is 47.6 Å². The van der Waals surface area contributed by atoms with Gasteiger partial charge in [-0.3, -0.25) is 9.59 Å². The minimum atomic E-state index is -0.960. The number of amides is 2. The van der Waals surface area contributed by atoms with E-state index in [4.69, 9.17) is 32.7 Å². The van der Waals surface area contributed by atoms with Gasteiger partial charge in [-0.15, -0.1) is 11.3 Å². The fraction of sp³-hybridized carbons (Fsp3) is 0.231. The number of hydrogen-bond donors (Lipinski definition) is 2. The second-order valence-corrected chi connectivity index (χ2v) is 10.1. The summed E-state index contributed by atoms with van der Waals surface area (Å²) in [5, 5.41) is 7.77. The Morgan fingerprint density at radius 2 is 1.81 bits per heavy atom. The zero-order valence-electron chi connectivity index (χ0n) is 19.8. The Labute approximate surface area is 227 Å². The molecule has 11 heteroatoms. The van der Waals surface area contributed by atoms with Gasteiger partial charge in [0.15, 0.2) is 0 Å². The third-order valence-electron chi connectivity index (χ3n) is 5.66. The molecular weight excluding hydrogens is 537 g/mol. The molecule has 0 fully saturated rings. The molecule has 1 heterocycles. The SMILES string of the molecule is COC(=O)c1c(NC(=O)C(=O)N/N=C/c2ccc(OCc3ccc(Cl)cc3Cl)cc2)sc2c1CCCC2. The van der Waals surface area contributed by atoms with Crippen molar-refractivity contribution in [2.45, 2.75) is 32.3 Å². The zero-order valence-corrected chi connectivity index (χ0v) is 22.1. The first kappa shape index (κ1) is 26.7. The van der Waals surface area contributed by atoms with Crippen LogP contribution in [0.25, 0.3) is 0 Å². The molecule has 0 atom stereocenters. The van der Waals surface area contributed by atoms with E-state index in [2.05, 4.69) is 15.8 Å². The van der Waals surface area contributed by atoms with E-state index >= 15 is 0 Å². The highest BCUT2D eigenvalue weighted by Crippen LogP contribution is 2.38. The van der Waals surface area contributed by atoms with Gasteiger partial charge in [0.25, 0.3) is 0 Å². The Balaban J connectivity index is 1.31. The van der Waals surface area contributed by atoms with Crippen LogP contribution in [0.5, 0.6) is 5.75 Å². The lowest BCUT2D eigenvalue weighted by Crippen LogP contribution is -2.32. The number of methoxy groups -OCH3 is 1. The average molecular weight is 560 g/mol. The predicted octanol–water partition coefficient (Wildman–Crippen LogP) is 5.39. The summed E-state index contributed by atoms with van der Waals surface area (Å²) in [6.07, 6.45) is 4.94. The maximum Gasteiger partial charge on any atom is 0.341 e. The molecule has 0 unspecified atom stereocenters. The predicted molar refractivity (Wildman–Crippen MR) is 144 cm³/mol. The molecule has 0 radical (unpaired) electrons. The molecule has 1 aliphatic carbocycles. The summed E-state index contributed by atoms with van der Waals surface area (Å²) in [4.78, 5) is 38.0. The van der Waals surface area contributed by atoms with Gasteiger partial charge < -0.3 is 14.8 Å². The quantitative estimate of drug-likeness (QED) is 0.175. The van der Waals surface area contributed by atoms with Crippen molar-refractivity contribution >= 4 is 63.5 Å². The van der Waals surface area contributed by atoms with Gasteiger partial charge in [-0.2, -0.15) is 5.10 Å². The van der Waals surface area contributed by atoms with Crippen LogP contribution in [-0.4, -0.2) is 31.1 Å². The number of fused-ring (bicyclic) bond motifs is 1. The number of hydrazone groups is 1. The lowest BCUT2D eigenvalue weighted by molar-refractivity contribution is -0.136. The summed E-state index contributed by atoms with van der Waals surface area (Å²) >= 11 is 13.4. The number of nitrogens with one attached hydrogen (secondary N) is 2. The third kappa shape index (κ3) is 6.68. The molecule has 2 amide bonds. The number of esters is 1. The Kier molecular flexibility index (Phi) is 8.81. The summed E-state index contributed by atoms with van der Waals surface area (Å²) in [6.45, 7) is 0.277. The van der Waals surface area contributed by atoms with Gasteiger partial charge in [-0.05, 0) is 73.2 Å². The normalized spacial score (nSPS) is 12.6. The maximum atomic E-state index is 12.4. The third-order valence-corrected chi connectivity index (χ3v) is 7.46. The highest BCUT2D eigenvalue weighted by atomic mass is 35.5. The number of nitrogens with zero attached hydrogens (tertiary/aromatic N) is 1. The van der Waals surface area contributed by atoms with Gasteiger partial charge in [-0.25, -0.2) is 10.2 Å². The molecule has 0 saturated carbocycles. The summed E-state index contributed by atoms with van der Waals surface area (Å²) < 4.78 is 10.6. The van der Waals surface area contributed by atoms with Crippen molar-refractivity contribution < 1.29 is 23.9 Å². The number of aryl methyl sites for hydroxylation is 1. The van der Waals surface area contributed by atoms with Crippen LogP contribution in [0.2, 0.25) is 10.0 Å². The van der Waals surface area contributed by atoms with Gasteiger partial charge in [-0.1, -0.05) is 29.3 Å². The molecule has 3 aromatic rings. The van der Waals surface area contributed by atoms with E-state index in [1.54, 1.807) is 42.5 Å². The summed E-state index contributed by atoms with van der Waals surface area (Å²) in [5.74, 6) is -1.80. The minimum absolute atomic E-state index is 0.277. The Hall–Kier alpha value is -3.40. The molecule has 8 nitrogen and oxygen atoms in total. The first-order chi connectivity index (χ1) is 17.9. The van der Waals surface area contributed by atoms with E-state index in [0.29, 0.717) is 31.9 Å². The lowest BCUT2D eigenvalue weighted by Gasteiger charge is -2.11. The molecule has 2 aromatic carbocycles. The molecule has 0 aliphatic heterocycles. The van der Waals surface area contributed by atoms with Gasteiger partial charge in [0.2, 0.25) is 0 Å². The first-order valence-corrected chi connectivity index (χ1v) is 13.0. The van der Waals surface area contributed by atoms with Crippen LogP contribution in [0.3, 0.4) is 0 Å². The van der Waals surface area contributed by atoms with Crippen molar-refractivity contribution in [1.29, 1.82) is 0 Å². The van der Waals surface area contributed by atoms with Crippen LogP contribution in [-0.2, 0) is 33.8 Å². The second-order valence-electron chi connectivity index (χ2n) is 8.15. The van der Waals surface area contributed by atoms with Gasteiger partial charge in [0, 0.05) is 20.5 Å². The number of rotatable bonds is 7. The van der Waals surface area contributed by atoms with E-state index in [1.165, 1.54) is 24.7 Å². The van der Waals surface area contributed by atoms with Crippen LogP contribution in [0, 0.1) is 0 Å². The topological polar surface area (TPSA) is 106 Å². The van der Waals surface area contributed by atoms with E-state index in [-0.39, 0.29) is 6.61 Å². The monoisotopic (exact) mass is 559 g/mol. The number of hydrogen-bond acceptors (Lipinski definition) is 7.